The molecule has 0 aromatic carbocycles. The van der Waals surface area contributed by atoms with E-state index in [1.54, 1.807) is 18.5 Å². The molecule has 0 unspecified atom stereocenters. The van der Waals surface area contributed by atoms with Crippen LogP contribution in [0.25, 0.3) is 6.20 Å². The van der Waals surface area contributed by atoms with Crippen LogP contribution in [0.3, 0.4) is 0 Å². The summed E-state index contributed by atoms with van der Waals surface area (Å²) < 4.78 is 1.53. The Balaban J connectivity index is 3.32. The number of hydrogen-bond acceptors (Lipinski definition) is 2. The summed E-state index contributed by atoms with van der Waals surface area (Å²) in [6.45, 7) is 3.49. The number of nitrogens with one attached hydrogen (secondary N) is 1. The Morgan fingerprint density at radius 1 is 1.78 bits per heavy atom. The van der Waals surface area contributed by atoms with E-state index >= 15 is 0 Å². The van der Waals surface area contributed by atoms with E-state index in [-0.39, 0.29) is 5.62 Å². The summed E-state index contributed by atoms with van der Waals surface area (Å²) in [5, 5.41) is 7.15. The van der Waals surface area contributed by atoms with E-state index in [1.165, 1.54) is 10.8 Å². The Morgan fingerprint density at radius 2 is 2.56 bits per heavy atom. The fourth-order valence-corrected chi connectivity index (χ4v) is 0.529. The highest BCUT2D eigenvalue weighted by molar-refractivity contribution is 5.13. The van der Waals surface area contributed by atoms with Crippen LogP contribution in [0.1, 0.15) is 0 Å². The summed E-state index contributed by atoms with van der Waals surface area (Å²) in [7, 11) is 0. The van der Waals surface area contributed by atoms with Crippen LogP contribution in [0.2, 0.25) is 0 Å². The molecule has 1 heterocycles. The lowest BCUT2D eigenvalue weighted by molar-refractivity contribution is 0.883. The van der Waals surface area contributed by atoms with Crippen LogP contribution in [0.4, 0.5) is 0 Å². The van der Waals surface area contributed by atoms with Gasteiger partial charge in [-0.1, -0.05) is 6.58 Å². The number of rotatable bonds is 1. The maximum absolute atomic E-state index is 7.15. The Kier molecular flexibility index (Phi) is 1.44. The zero-order chi connectivity index (χ0) is 6.69. The molecule has 0 saturated heterocycles. The van der Waals surface area contributed by atoms with Gasteiger partial charge in [-0.3, -0.25) is 9.98 Å². The molecular weight excluding hydrogens is 114 g/mol. The minimum atomic E-state index is 0.201. The van der Waals surface area contributed by atoms with Crippen molar-refractivity contribution >= 4 is 6.20 Å². The molecule has 9 heavy (non-hydrogen) atoms. The third-order valence-corrected chi connectivity index (χ3v) is 0.971. The topological polar surface area (TPSA) is 41.7 Å². The van der Waals surface area contributed by atoms with Crippen molar-refractivity contribution in [1.82, 2.24) is 9.55 Å². The lowest BCUT2D eigenvalue weighted by Gasteiger charge is -1.93. The first-order chi connectivity index (χ1) is 4.34. The molecule has 0 amide bonds. The Hall–Kier alpha value is -1.38. The predicted octanol–water partition coefficient (Wildman–Crippen LogP) is 0.463. The molecule has 0 aliphatic rings. The molecule has 46 valence electrons. The van der Waals surface area contributed by atoms with Gasteiger partial charge in [0.05, 0.1) is 0 Å². The van der Waals surface area contributed by atoms with Crippen LogP contribution in [-0.4, -0.2) is 9.55 Å². The largest absolute Gasteiger partial charge is 0.294 e. The third kappa shape index (κ3) is 1.05. The fourth-order valence-electron chi connectivity index (χ4n) is 0.529. The first-order valence-electron chi connectivity index (χ1n) is 2.55. The first kappa shape index (κ1) is 5.75. The second-order valence-corrected chi connectivity index (χ2v) is 1.53. The maximum Gasteiger partial charge on any atom is 0.225 e. The van der Waals surface area contributed by atoms with Gasteiger partial charge in [0.2, 0.25) is 5.62 Å². The molecule has 0 spiro atoms. The van der Waals surface area contributed by atoms with Gasteiger partial charge in [0.25, 0.3) is 0 Å². The van der Waals surface area contributed by atoms with Crippen molar-refractivity contribution in [2.45, 2.75) is 0 Å². The monoisotopic (exact) mass is 121 g/mol. The summed E-state index contributed by atoms with van der Waals surface area (Å²) in [5.41, 5.74) is 0.201. The highest BCUT2D eigenvalue weighted by Crippen LogP contribution is 1.75. The summed E-state index contributed by atoms with van der Waals surface area (Å²) in [4.78, 5) is 3.71. The molecule has 0 atom stereocenters. The van der Waals surface area contributed by atoms with Crippen molar-refractivity contribution in [3.05, 3.63) is 30.7 Å². The predicted molar refractivity (Wildman–Crippen MR) is 34.5 cm³/mol. The second-order valence-electron chi connectivity index (χ2n) is 1.53. The molecule has 0 bridgehead atoms. The van der Waals surface area contributed by atoms with Crippen LogP contribution in [0.5, 0.6) is 0 Å². The molecular formula is C6H7N3. The molecule has 3 nitrogen and oxygen atoms in total. The van der Waals surface area contributed by atoms with Crippen LogP contribution in [-0.2, 0) is 0 Å². The van der Waals surface area contributed by atoms with Gasteiger partial charge in [0.15, 0.2) is 0 Å². The lowest BCUT2D eigenvalue weighted by Crippen LogP contribution is -2.16. The van der Waals surface area contributed by atoms with Crippen molar-refractivity contribution in [3.63, 3.8) is 0 Å². The Bertz CT molecular complexity index is 261. The summed E-state index contributed by atoms with van der Waals surface area (Å²) >= 11 is 0. The van der Waals surface area contributed by atoms with Gasteiger partial charge in [-0.25, -0.2) is 4.98 Å². The summed E-state index contributed by atoms with van der Waals surface area (Å²) in [6.07, 6.45) is 4.83. The smallest absolute Gasteiger partial charge is 0.225 e. The summed E-state index contributed by atoms with van der Waals surface area (Å²) in [6, 6.07) is 1.75. The molecule has 0 aliphatic heterocycles. The van der Waals surface area contributed by atoms with E-state index in [2.05, 4.69) is 11.6 Å². The van der Waals surface area contributed by atoms with E-state index < -0.39 is 0 Å². The SMILES string of the molecule is C=Cn1cccnc1=N. The minimum absolute atomic E-state index is 0.201. The van der Waals surface area contributed by atoms with E-state index in [9.17, 15) is 0 Å². The minimum Gasteiger partial charge on any atom is -0.294 e. The van der Waals surface area contributed by atoms with E-state index in [1.807, 2.05) is 0 Å². The van der Waals surface area contributed by atoms with Gasteiger partial charge >= 0.3 is 0 Å². The molecule has 1 rings (SSSR count). The van der Waals surface area contributed by atoms with Crippen LogP contribution >= 0.6 is 0 Å². The van der Waals surface area contributed by atoms with Crippen LogP contribution in [0, 0.1) is 5.41 Å². The second kappa shape index (κ2) is 2.26. The van der Waals surface area contributed by atoms with Gasteiger partial charge in [-0.05, 0) is 6.07 Å². The highest BCUT2D eigenvalue weighted by atomic mass is 15.0. The zero-order valence-corrected chi connectivity index (χ0v) is 4.91. The van der Waals surface area contributed by atoms with Crippen molar-refractivity contribution in [1.29, 1.82) is 5.41 Å². The number of hydrogen-bond donors (Lipinski definition) is 1. The molecule has 1 aromatic heterocycles. The van der Waals surface area contributed by atoms with Crippen molar-refractivity contribution in [3.8, 4) is 0 Å². The molecule has 0 saturated carbocycles. The van der Waals surface area contributed by atoms with E-state index in [0.717, 1.165) is 0 Å². The molecule has 3 heteroatoms. The van der Waals surface area contributed by atoms with Gasteiger partial charge in [0, 0.05) is 18.6 Å². The van der Waals surface area contributed by atoms with Crippen molar-refractivity contribution in [2.24, 2.45) is 0 Å². The number of aromatic nitrogens is 2. The van der Waals surface area contributed by atoms with Crippen LogP contribution in [0.15, 0.2) is 25.0 Å². The molecule has 0 fully saturated rings. The highest BCUT2D eigenvalue weighted by Gasteiger charge is 1.79. The maximum atomic E-state index is 7.15. The first-order valence-corrected chi connectivity index (χ1v) is 2.55. The average molecular weight is 121 g/mol. The standard InChI is InChI=1S/C6H7N3/c1-2-9-5-3-4-8-6(9)7/h2-5,7H,1H2. The quantitative estimate of drug-likeness (QED) is 0.576. The Labute approximate surface area is 52.8 Å². The summed E-state index contributed by atoms with van der Waals surface area (Å²) in [5.74, 6) is 0. The van der Waals surface area contributed by atoms with Gasteiger partial charge in [0.1, 0.15) is 0 Å². The van der Waals surface area contributed by atoms with Gasteiger partial charge in [-0.2, -0.15) is 0 Å². The molecule has 1 N–H and O–H groups in total. The zero-order valence-electron chi connectivity index (χ0n) is 4.91. The normalized spacial score (nSPS) is 8.89. The molecule has 0 aliphatic carbocycles. The van der Waals surface area contributed by atoms with Crippen molar-refractivity contribution in [2.75, 3.05) is 0 Å². The van der Waals surface area contributed by atoms with Gasteiger partial charge in [-0.15, -0.1) is 0 Å². The van der Waals surface area contributed by atoms with Crippen LogP contribution < -0.4 is 5.62 Å². The molecule has 1 aromatic rings. The Morgan fingerprint density at radius 3 is 3.00 bits per heavy atom. The van der Waals surface area contributed by atoms with Gasteiger partial charge < -0.3 is 0 Å². The van der Waals surface area contributed by atoms with Crippen molar-refractivity contribution < 1.29 is 0 Å². The fraction of sp³-hybridized carbons (Fsp3) is 0. The van der Waals surface area contributed by atoms with E-state index in [0.29, 0.717) is 0 Å². The van der Waals surface area contributed by atoms with E-state index in [4.69, 9.17) is 5.41 Å². The third-order valence-electron chi connectivity index (χ3n) is 0.971. The lowest BCUT2D eigenvalue weighted by atomic mass is 10.6. The average Bonchev–Trinajstić information content (AvgIpc) is 1.89. The molecule has 0 radical (unpaired) electrons. The number of nitrogens with zero attached hydrogens (tertiary/aromatic N) is 2.